The highest BCUT2D eigenvalue weighted by atomic mass is 14.0. The molecule has 0 nitrogen and oxygen atoms in total. The van der Waals surface area contributed by atoms with Crippen LogP contribution in [0.3, 0.4) is 0 Å². The molecule has 0 N–H and O–H groups in total. The van der Waals surface area contributed by atoms with E-state index in [0.29, 0.717) is 0 Å². The lowest BCUT2D eigenvalue weighted by molar-refractivity contribution is 0.984. The van der Waals surface area contributed by atoms with Gasteiger partial charge in [0, 0.05) is 1.43 Å². The van der Waals surface area contributed by atoms with Gasteiger partial charge in [-0.2, -0.15) is 0 Å². The van der Waals surface area contributed by atoms with Crippen LogP contribution in [0.1, 0.15) is 52.6 Å². The molecule has 0 amide bonds. The van der Waals surface area contributed by atoms with Crippen molar-refractivity contribution in [2.24, 2.45) is 0 Å². The molecule has 1 aliphatic carbocycles. The second-order valence-electron chi connectivity index (χ2n) is 4.64. The van der Waals surface area contributed by atoms with E-state index in [1.54, 1.807) is 0 Å². The molecular weight excluding hydrogens is 216 g/mol. The van der Waals surface area contributed by atoms with Crippen LogP contribution >= 0.6 is 0 Å². The third-order valence-corrected chi connectivity index (χ3v) is 3.32. The monoisotopic (exact) mass is 244 g/mol. The standard InChI is InChI=1S/C10H14.C8H12.H2/c1-3-9-5-7-10(4-2)8-6-9;1-2-8-6-4-3-5-7-8;/h5-8H,3-4H2,1-2H3;4,6-7H,2-3,5H2,1H3;1H. The lowest BCUT2D eigenvalue weighted by atomic mass is 10.1. The number of hydrogen-bond donors (Lipinski definition) is 0. The zero-order chi connectivity index (χ0) is 13.2. The fourth-order valence-electron chi connectivity index (χ4n) is 1.94. The Morgan fingerprint density at radius 1 is 0.833 bits per heavy atom. The van der Waals surface area contributed by atoms with Gasteiger partial charge in [-0.15, -0.1) is 0 Å². The van der Waals surface area contributed by atoms with Crippen LogP contribution in [0.25, 0.3) is 0 Å². The van der Waals surface area contributed by atoms with Crippen LogP contribution in [0.2, 0.25) is 0 Å². The van der Waals surface area contributed by atoms with E-state index in [4.69, 9.17) is 0 Å². The maximum Gasteiger partial charge on any atom is 0 e. The molecule has 0 heterocycles. The molecule has 1 aromatic carbocycles. The average molecular weight is 244 g/mol. The molecule has 0 saturated carbocycles. The zero-order valence-electron chi connectivity index (χ0n) is 12.1. The van der Waals surface area contributed by atoms with Crippen molar-refractivity contribution in [3.8, 4) is 0 Å². The zero-order valence-corrected chi connectivity index (χ0v) is 12.1. The first kappa shape index (κ1) is 14.8. The van der Waals surface area contributed by atoms with E-state index in [1.807, 2.05) is 0 Å². The molecule has 100 valence electrons. The molecular formula is C18H28. The van der Waals surface area contributed by atoms with Crippen molar-refractivity contribution in [1.82, 2.24) is 0 Å². The van der Waals surface area contributed by atoms with Gasteiger partial charge in [-0.05, 0) is 43.2 Å². The molecule has 0 heteroatoms. The van der Waals surface area contributed by atoms with Gasteiger partial charge in [0.1, 0.15) is 0 Å². The Morgan fingerprint density at radius 2 is 1.39 bits per heavy atom. The number of allylic oxidation sites excluding steroid dienone is 4. The van der Waals surface area contributed by atoms with Crippen molar-refractivity contribution in [3.63, 3.8) is 0 Å². The summed E-state index contributed by atoms with van der Waals surface area (Å²) in [4.78, 5) is 0. The number of benzene rings is 1. The summed E-state index contributed by atoms with van der Waals surface area (Å²) in [6, 6.07) is 8.83. The second kappa shape index (κ2) is 8.74. The van der Waals surface area contributed by atoms with Crippen molar-refractivity contribution in [2.75, 3.05) is 0 Å². The lowest BCUT2D eigenvalue weighted by Crippen LogP contribution is -1.81. The van der Waals surface area contributed by atoms with Crippen molar-refractivity contribution in [1.29, 1.82) is 0 Å². The molecule has 0 aromatic heterocycles. The summed E-state index contributed by atoms with van der Waals surface area (Å²) in [6.45, 7) is 6.56. The molecule has 0 radical (unpaired) electrons. The predicted octanol–water partition coefficient (Wildman–Crippen LogP) is 5.73. The maximum atomic E-state index is 2.32. The van der Waals surface area contributed by atoms with E-state index < -0.39 is 0 Å². The van der Waals surface area contributed by atoms with E-state index in [9.17, 15) is 0 Å². The highest BCUT2D eigenvalue weighted by Crippen LogP contribution is 2.11. The number of hydrogen-bond acceptors (Lipinski definition) is 0. The molecule has 0 unspecified atom stereocenters. The van der Waals surface area contributed by atoms with E-state index in [-0.39, 0.29) is 1.43 Å². The van der Waals surface area contributed by atoms with Gasteiger partial charge in [0.05, 0.1) is 0 Å². The van der Waals surface area contributed by atoms with Crippen LogP contribution in [-0.2, 0) is 12.8 Å². The molecule has 0 spiro atoms. The largest absolute Gasteiger partial charge is 0.0840 e. The Bertz CT molecular complexity index is 362. The van der Waals surface area contributed by atoms with Crippen molar-refractivity contribution in [2.45, 2.75) is 52.9 Å². The van der Waals surface area contributed by atoms with Crippen LogP contribution in [0.5, 0.6) is 0 Å². The van der Waals surface area contributed by atoms with Crippen LogP contribution in [0, 0.1) is 0 Å². The topological polar surface area (TPSA) is 0 Å². The molecule has 0 fully saturated rings. The highest BCUT2D eigenvalue weighted by molar-refractivity contribution is 5.22. The molecule has 2 rings (SSSR count). The SMILES string of the molecule is CCC1=CCCC=C1.CCc1ccc(CC)cc1.[HH]. The fourth-order valence-corrected chi connectivity index (χ4v) is 1.94. The molecule has 1 aromatic rings. The Labute approximate surface area is 114 Å². The summed E-state index contributed by atoms with van der Waals surface area (Å²) in [5, 5.41) is 0. The summed E-state index contributed by atoms with van der Waals surface area (Å²) in [7, 11) is 0. The Hall–Kier alpha value is -1.30. The molecule has 0 bridgehead atoms. The van der Waals surface area contributed by atoms with Crippen LogP contribution in [0.4, 0.5) is 0 Å². The third-order valence-electron chi connectivity index (χ3n) is 3.32. The van der Waals surface area contributed by atoms with Gasteiger partial charge in [-0.1, -0.05) is 68.8 Å². The Kier molecular flexibility index (Phi) is 7.17. The lowest BCUT2D eigenvalue weighted by Gasteiger charge is -2.01. The van der Waals surface area contributed by atoms with Gasteiger partial charge in [-0.25, -0.2) is 0 Å². The minimum atomic E-state index is 0. The quantitative estimate of drug-likeness (QED) is 0.637. The second-order valence-corrected chi connectivity index (χ2v) is 4.64. The maximum absolute atomic E-state index is 2.32. The summed E-state index contributed by atoms with van der Waals surface area (Å²) in [5.74, 6) is 0. The van der Waals surface area contributed by atoms with Crippen molar-refractivity contribution >= 4 is 0 Å². The fraction of sp³-hybridized carbons (Fsp3) is 0.444. The molecule has 1 aliphatic rings. The normalized spacial score (nSPS) is 13.6. The molecule has 0 saturated heterocycles. The first-order valence-electron chi connectivity index (χ1n) is 7.23. The van der Waals surface area contributed by atoms with Gasteiger partial charge >= 0.3 is 0 Å². The Balaban J connectivity index is 0.000000331. The minimum Gasteiger partial charge on any atom is -0.0840 e. The van der Waals surface area contributed by atoms with Gasteiger partial charge in [0.15, 0.2) is 0 Å². The summed E-state index contributed by atoms with van der Waals surface area (Å²) < 4.78 is 0. The first-order chi connectivity index (χ1) is 8.80. The van der Waals surface area contributed by atoms with E-state index in [0.717, 1.165) is 12.8 Å². The summed E-state index contributed by atoms with van der Waals surface area (Å²) in [5.41, 5.74) is 4.35. The predicted molar refractivity (Wildman–Crippen MR) is 84.1 cm³/mol. The summed E-state index contributed by atoms with van der Waals surface area (Å²) >= 11 is 0. The van der Waals surface area contributed by atoms with Gasteiger partial charge in [-0.3, -0.25) is 0 Å². The van der Waals surface area contributed by atoms with Crippen LogP contribution in [-0.4, -0.2) is 0 Å². The molecule has 0 aliphatic heterocycles. The molecule has 0 atom stereocenters. The van der Waals surface area contributed by atoms with E-state index in [2.05, 4.69) is 63.3 Å². The van der Waals surface area contributed by atoms with Crippen LogP contribution in [0.15, 0.2) is 48.1 Å². The smallest absolute Gasteiger partial charge is 0 e. The highest BCUT2D eigenvalue weighted by Gasteiger charge is 1.91. The Morgan fingerprint density at radius 3 is 1.67 bits per heavy atom. The summed E-state index contributed by atoms with van der Waals surface area (Å²) in [6.07, 6.45) is 12.8. The number of rotatable bonds is 3. The van der Waals surface area contributed by atoms with Crippen molar-refractivity contribution in [3.05, 3.63) is 59.2 Å². The number of aryl methyl sites for hydroxylation is 2. The van der Waals surface area contributed by atoms with Crippen LogP contribution < -0.4 is 0 Å². The van der Waals surface area contributed by atoms with E-state index in [1.165, 1.54) is 36.0 Å². The first-order valence-corrected chi connectivity index (χ1v) is 7.23. The molecule has 18 heavy (non-hydrogen) atoms. The average Bonchev–Trinajstić information content (AvgIpc) is 2.49. The van der Waals surface area contributed by atoms with Crippen molar-refractivity contribution < 1.29 is 1.43 Å². The van der Waals surface area contributed by atoms with Gasteiger partial charge in [0.25, 0.3) is 0 Å². The van der Waals surface area contributed by atoms with Gasteiger partial charge in [0.2, 0.25) is 0 Å². The van der Waals surface area contributed by atoms with Gasteiger partial charge < -0.3 is 0 Å². The third kappa shape index (κ3) is 5.35. The van der Waals surface area contributed by atoms with E-state index >= 15 is 0 Å². The minimum absolute atomic E-state index is 0.